The smallest absolute Gasteiger partial charge is 0.255 e. The number of ether oxygens (including phenoxy) is 1. The Hall–Kier alpha value is -2.86. The number of rotatable bonds is 6. The number of nitrogens with zero attached hydrogens (tertiary/aromatic N) is 1. The highest BCUT2D eigenvalue weighted by Gasteiger charge is 2.13. The van der Waals surface area contributed by atoms with Crippen molar-refractivity contribution in [1.29, 1.82) is 0 Å². The average molecular weight is 396 g/mol. The standard InChI is InChI=1S/C23H29N3O3/c1-29-21-10-6-5-9-20(21)25-23(28)18-11-13-19(14-12-18)24-22(27)17-26-15-7-3-2-4-8-16-26/h5-6,9-14H,2-4,7-8,15-17H2,1H3,(H,24,27)(H,25,28). The van der Waals surface area contributed by atoms with Crippen molar-refractivity contribution >= 4 is 23.2 Å². The molecule has 6 heteroatoms. The molecule has 0 spiro atoms. The molecule has 2 aromatic carbocycles. The van der Waals surface area contributed by atoms with Crippen LogP contribution in [0.4, 0.5) is 11.4 Å². The number of nitrogens with one attached hydrogen (secondary N) is 2. The van der Waals surface area contributed by atoms with Gasteiger partial charge in [-0.15, -0.1) is 0 Å². The molecule has 1 fully saturated rings. The fourth-order valence-corrected chi connectivity index (χ4v) is 3.52. The number of amides is 2. The molecule has 3 rings (SSSR count). The molecule has 2 amide bonds. The minimum Gasteiger partial charge on any atom is -0.495 e. The van der Waals surface area contributed by atoms with Crippen LogP contribution in [0, 0.1) is 0 Å². The van der Waals surface area contributed by atoms with E-state index in [4.69, 9.17) is 4.74 Å². The van der Waals surface area contributed by atoms with Crippen LogP contribution in [-0.2, 0) is 4.79 Å². The van der Waals surface area contributed by atoms with Gasteiger partial charge in [-0.2, -0.15) is 0 Å². The van der Waals surface area contributed by atoms with Gasteiger partial charge in [0.05, 0.1) is 19.3 Å². The van der Waals surface area contributed by atoms with Gasteiger partial charge in [0.1, 0.15) is 5.75 Å². The Balaban J connectivity index is 1.53. The molecule has 0 aliphatic carbocycles. The molecule has 154 valence electrons. The van der Waals surface area contributed by atoms with Crippen molar-refractivity contribution in [2.45, 2.75) is 32.1 Å². The normalized spacial score (nSPS) is 15.1. The molecule has 0 bridgehead atoms. The largest absolute Gasteiger partial charge is 0.495 e. The summed E-state index contributed by atoms with van der Waals surface area (Å²) in [5.74, 6) is 0.360. The van der Waals surface area contributed by atoms with Gasteiger partial charge < -0.3 is 15.4 Å². The van der Waals surface area contributed by atoms with Crippen LogP contribution in [0.15, 0.2) is 48.5 Å². The lowest BCUT2D eigenvalue weighted by atomic mass is 10.1. The second-order valence-corrected chi connectivity index (χ2v) is 7.32. The number of carbonyl (C=O) groups is 2. The van der Waals surface area contributed by atoms with E-state index in [1.54, 1.807) is 43.5 Å². The van der Waals surface area contributed by atoms with Gasteiger partial charge in [0.2, 0.25) is 5.91 Å². The van der Waals surface area contributed by atoms with Crippen molar-refractivity contribution in [2.24, 2.45) is 0 Å². The number of hydrogen-bond donors (Lipinski definition) is 2. The first-order chi connectivity index (χ1) is 14.2. The Kier molecular flexibility index (Phi) is 7.64. The summed E-state index contributed by atoms with van der Waals surface area (Å²) in [6, 6.07) is 14.2. The maximum Gasteiger partial charge on any atom is 0.255 e. The minimum absolute atomic E-state index is 0.0169. The van der Waals surface area contributed by atoms with Crippen LogP contribution in [-0.4, -0.2) is 43.5 Å². The highest BCUT2D eigenvalue weighted by molar-refractivity contribution is 6.05. The Bertz CT molecular complexity index is 812. The zero-order chi connectivity index (χ0) is 20.5. The van der Waals surface area contributed by atoms with Crippen LogP contribution < -0.4 is 15.4 Å². The summed E-state index contributed by atoms with van der Waals surface area (Å²) in [4.78, 5) is 27.1. The van der Waals surface area contributed by atoms with Crippen LogP contribution in [0.5, 0.6) is 5.75 Å². The molecule has 2 aromatic rings. The van der Waals surface area contributed by atoms with E-state index in [1.807, 2.05) is 12.1 Å². The number of methoxy groups -OCH3 is 1. The SMILES string of the molecule is COc1ccccc1NC(=O)c1ccc(NC(=O)CN2CCCCCCC2)cc1. The van der Waals surface area contributed by atoms with E-state index in [-0.39, 0.29) is 11.8 Å². The minimum atomic E-state index is -0.229. The number of hydrogen-bond acceptors (Lipinski definition) is 4. The molecular formula is C23H29N3O3. The number of carbonyl (C=O) groups excluding carboxylic acids is 2. The quantitative estimate of drug-likeness (QED) is 0.771. The van der Waals surface area contributed by atoms with Crippen LogP contribution in [0.1, 0.15) is 42.5 Å². The zero-order valence-electron chi connectivity index (χ0n) is 16.9. The molecule has 1 heterocycles. The van der Waals surface area contributed by atoms with Gasteiger partial charge in [-0.05, 0) is 62.3 Å². The molecule has 6 nitrogen and oxygen atoms in total. The van der Waals surface area contributed by atoms with Gasteiger partial charge in [-0.3, -0.25) is 14.5 Å². The fourth-order valence-electron chi connectivity index (χ4n) is 3.52. The molecule has 29 heavy (non-hydrogen) atoms. The predicted octanol–water partition coefficient (Wildman–Crippen LogP) is 4.15. The molecule has 1 saturated heterocycles. The summed E-state index contributed by atoms with van der Waals surface area (Å²) in [5, 5.41) is 5.77. The number of para-hydroxylation sites is 2. The predicted molar refractivity (Wildman–Crippen MR) is 116 cm³/mol. The van der Waals surface area contributed by atoms with E-state index in [9.17, 15) is 9.59 Å². The van der Waals surface area contributed by atoms with Crippen molar-refractivity contribution < 1.29 is 14.3 Å². The molecule has 0 aromatic heterocycles. The van der Waals surface area contributed by atoms with Crippen LogP contribution >= 0.6 is 0 Å². The molecule has 0 unspecified atom stereocenters. The van der Waals surface area contributed by atoms with Crippen molar-refractivity contribution in [2.75, 3.05) is 37.4 Å². The molecule has 0 saturated carbocycles. The maximum absolute atomic E-state index is 12.5. The Morgan fingerprint density at radius 3 is 2.24 bits per heavy atom. The summed E-state index contributed by atoms with van der Waals surface area (Å²) >= 11 is 0. The lowest BCUT2D eigenvalue weighted by Gasteiger charge is -2.23. The lowest BCUT2D eigenvalue weighted by molar-refractivity contribution is -0.117. The number of benzene rings is 2. The maximum atomic E-state index is 12.5. The van der Waals surface area contributed by atoms with E-state index < -0.39 is 0 Å². The van der Waals surface area contributed by atoms with Crippen molar-refractivity contribution in [3.63, 3.8) is 0 Å². The fraction of sp³-hybridized carbons (Fsp3) is 0.391. The van der Waals surface area contributed by atoms with Gasteiger partial charge in [0.15, 0.2) is 0 Å². The monoisotopic (exact) mass is 395 g/mol. The summed E-state index contributed by atoms with van der Waals surface area (Å²) in [7, 11) is 1.57. The highest BCUT2D eigenvalue weighted by atomic mass is 16.5. The van der Waals surface area contributed by atoms with E-state index in [0.717, 1.165) is 25.9 Å². The molecule has 0 atom stereocenters. The van der Waals surface area contributed by atoms with Crippen molar-refractivity contribution in [1.82, 2.24) is 4.90 Å². The first kappa shape index (κ1) is 20.9. The second kappa shape index (κ2) is 10.6. The van der Waals surface area contributed by atoms with Gasteiger partial charge in [-0.1, -0.05) is 31.4 Å². The average Bonchev–Trinajstić information content (AvgIpc) is 2.71. The van der Waals surface area contributed by atoms with Gasteiger partial charge in [0, 0.05) is 11.3 Å². The van der Waals surface area contributed by atoms with E-state index in [1.165, 1.54) is 19.3 Å². The first-order valence-electron chi connectivity index (χ1n) is 10.2. The zero-order valence-corrected chi connectivity index (χ0v) is 16.9. The summed E-state index contributed by atoms with van der Waals surface area (Å²) in [6.07, 6.45) is 6.11. The second-order valence-electron chi connectivity index (χ2n) is 7.32. The molecular weight excluding hydrogens is 366 g/mol. The lowest BCUT2D eigenvalue weighted by Crippen LogP contribution is -2.35. The first-order valence-corrected chi connectivity index (χ1v) is 10.2. The van der Waals surface area contributed by atoms with Gasteiger partial charge in [0.25, 0.3) is 5.91 Å². The topological polar surface area (TPSA) is 70.7 Å². The van der Waals surface area contributed by atoms with Gasteiger partial charge in [-0.25, -0.2) is 0 Å². The van der Waals surface area contributed by atoms with E-state index in [0.29, 0.717) is 29.2 Å². The molecule has 1 aliphatic rings. The Morgan fingerprint density at radius 2 is 1.55 bits per heavy atom. The summed E-state index contributed by atoms with van der Waals surface area (Å²) in [5.41, 5.74) is 1.82. The van der Waals surface area contributed by atoms with E-state index >= 15 is 0 Å². The van der Waals surface area contributed by atoms with Gasteiger partial charge >= 0.3 is 0 Å². The molecule has 2 N–H and O–H groups in total. The third-order valence-corrected chi connectivity index (χ3v) is 5.10. The van der Waals surface area contributed by atoms with Crippen molar-refractivity contribution in [3.05, 3.63) is 54.1 Å². The molecule has 0 radical (unpaired) electrons. The molecule has 1 aliphatic heterocycles. The van der Waals surface area contributed by atoms with Crippen molar-refractivity contribution in [3.8, 4) is 5.75 Å². The third-order valence-electron chi connectivity index (χ3n) is 5.10. The Morgan fingerprint density at radius 1 is 0.897 bits per heavy atom. The van der Waals surface area contributed by atoms with Crippen LogP contribution in [0.2, 0.25) is 0 Å². The van der Waals surface area contributed by atoms with Crippen LogP contribution in [0.3, 0.4) is 0 Å². The Labute approximate surface area is 172 Å². The third kappa shape index (κ3) is 6.32. The number of likely N-dealkylation sites (tertiary alicyclic amines) is 1. The van der Waals surface area contributed by atoms with E-state index in [2.05, 4.69) is 15.5 Å². The highest BCUT2D eigenvalue weighted by Crippen LogP contribution is 2.24. The summed E-state index contributed by atoms with van der Waals surface area (Å²) < 4.78 is 5.26. The summed E-state index contributed by atoms with van der Waals surface area (Å²) in [6.45, 7) is 2.38. The number of anilines is 2. The van der Waals surface area contributed by atoms with Crippen LogP contribution in [0.25, 0.3) is 0 Å².